The first-order valence-electron chi connectivity index (χ1n) is 10.3. The summed E-state index contributed by atoms with van der Waals surface area (Å²) in [5.41, 5.74) is 3.25. The van der Waals surface area contributed by atoms with Gasteiger partial charge >= 0.3 is 0 Å². The number of ether oxygens (including phenoxy) is 2. The molecule has 0 saturated carbocycles. The van der Waals surface area contributed by atoms with E-state index in [2.05, 4.69) is 50.2 Å². The Bertz CT molecular complexity index is 762. The van der Waals surface area contributed by atoms with Gasteiger partial charge in [0.2, 0.25) is 0 Å². The Labute approximate surface area is 168 Å². The Kier molecular flexibility index (Phi) is 6.97. The van der Waals surface area contributed by atoms with Crippen molar-refractivity contribution in [2.24, 2.45) is 7.05 Å². The van der Waals surface area contributed by atoms with E-state index < -0.39 is 0 Å². The number of rotatable bonds is 8. The predicted molar refractivity (Wildman–Crippen MR) is 113 cm³/mol. The van der Waals surface area contributed by atoms with Gasteiger partial charge in [-0.05, 0) is 45.9 Å². The van der Waals surface area contributed by atoms with Gasteiger partial charge in [0.05, 0.1) is 18.9 Å². The second kappa shape index (κ2) is 9.43. The van der Waals surface area contributed by atoms with Crippen LogP contribution in [0.2, 0.25) is 0 Å². The molecule has 6 heteroatoms. The summed E-state index contributed by atoms with van der Waals surface area (Å²) >= 11 is 0. The molecule has 1 aliphatic heterocycles. The number of fused-ring (bicyclic) bond motifs is 1. The van der Waals surface area contributed by atoms with E-state index in [-0.39, 0.29) is 0 Å². The fourth-order valence-corrected chi connectivity index (χ4v) is 3.76. The molecule has 0 spiro atoms. The van der Waals surface area contributed by atoms with E-state index in [1.165, 1.54) is 5.56 Å². The number of hydrogen-bond donors (Lipinski definition) is 1. The molecular formula is C22H34N4O2. The van der Waals surface area contributed by atoms with E-state index >= 15 is 0 Å². The highest BCUT2D eigenvalue weighted by molar-refractivity contribution is 5.66. The van der Waals surface area contributed by atoms with Crippen molar-refractivity contribution in [2.75, 3.05) is 26.3 Å². The van der Waals surface area contributed by atoms with Gasteiger partial charge in [-0.3, -0.25) is 9.58 Å². The lowest BCUT2D eigenvalue weighted by molar-refractivity contribution is 0.176. The Balaban J connectivity index is 1.67. The Hall–Kier alpha value is -2.05. The average Bonchev–Trinajstić information content (AvgIpc) is 2.86. The van der Waals surface area contributed by atoms with Crippen molar-refractivity contribution in [1.82, 2.24) is 20.0 Å². The third kappa shape index (κ3) is 5.06. The van der Waals surface area contributed by atoms with Crippen molar-refractivity contribution in [2.45, 2.75) is 52.7 Å². The number of aromatic nitrogens is 2. The molecule has 28 heavy (non-hydrogen) atoms. The molecule has 1 aliphatic rings. The summed E-state index contributed by atoms with van der Waals surface area (Å²) in [5.74, 6) is 1.63. The minimum Gasteiger partial charge on any atom is -0.490 e. The van der Waals surface area contributed by atoms with Gasteiger partial charge in [-0.1, -0.05) is 0 Å². The second-order valence-electron chi connectivity index (χ2n) is 7.99. The fourth-order valence-electron chi connectivity index (χ4n) is 3.76. The molecule has 1 aromatic heterocycles. The predicted octanol–water partition coefficient (Wildman–Crippen LogP) is 3.46. The number of benzene rings is 1. The first-order chi connectivity index (χ1) is 13.5. The number of nitrogens with one attached hydrogen (secondary N) is 1. The van der Waals surface area contributed by atoms with E-state index in [9.17, 15) is 0 Å². The highest BCUT2D eigenvalue weighted by atomic mass is 16.5. The molecule has 154 valence electrons. The molecule has 1 aromatic carbocycles. The fraction of sp³-hybridized carbons (Fsp3) is 0.591. The summed E-state index contributed by atoms with van der Waals surface area (Å²) in [4.78, 5) is 2.50. The zero-order chi connectivity index (χ0) is 20.1. The third-order valence-electron chi connectivity index (χ3n) is 5.11. The summed E-state index contributed by atoms with van der Waals surface area (Å²) in [6.07, 6.45) is 3.00. The summed E-state index contributed by atoms with van der Waals surface area (Å²) in [6, 6.07) is 7.21. The SMILES string of the molecule is CC(C)N(CCNCc1cn(C)nc1-c1ccc2c(c1)OCCCO2)C(C)C. The molecule has 0 amide bonds. The van der Waals surface area contributed by atoms with Crippen molar-refractivity contribution in [3.63, 3.8) is 0 Å². The maximum absolute atomic E-state index is 5.85. The van der Waals surface area contributed by atoms with Gasteiger partial charge in [0.15, 0.2) is 11.5 Å². The molecule has 6 nitrogen and oxygen atoms in total. The molecule has 2 aromatic rings. The lowest BCUT2D eigenvalue weighted by atomic mass is 10.1. The zero-order valence-electron chi connectivity index (χ0n) is 17.9. The van der Waals surface area contributed by atoms with Gasteiger partial charge in [0.25, 0.3) is 0 Å². The van der Waals surface area contributed by atoms with Crippen LogP contribution in [0.4, 0.5) is 0 Å². The maximum Gasteiger partial charge on any atom is 0.161 e. The summed E-state index contributed by atoms with van der Waals surface area (Å²) in [7, 11) is 1.97. The minimum absolute atomic E-state index is 0.553. The molecule has 0 bridgehead atoms. The van der Waals surface area contributed by atoms with E-state index in [0.717, 1.165) is 48.8 Å². The zero-order valence-corrected chi connectivity index (χ0v) is 17.9. The largest absolute Gasteiger partial charge is 0.490 e. The normalized spacial score (nSPS) is 14.1. The van der Waals surface area contributed by atoms with Gasteiger partial charge < -0.3 is 14.8 Å². The van der Waals surface area contributed by atoms with Crippen molar-refractivity contribution < 1.29 is 9.47 Å². The monoisotopic (exact) mass is 386 g/mol. The number of aryl methyl sites for hydroxylation is 1. The van der Waals surface area contributed by atoms with Gasteiger partial charge in [-0.15, -0.1) is 0 Å². The highest BCUT2D eigenvalue weighted by Crippen LogP contribution is 2.34. The third-order valence-corrected chi connectivity index (χ3v) is 5.11. The van der Waals surface area contributed by atoms with Crippen LogP contribution < -0.4 is 14.8 Å². The molecule has 0 atom stereocenters. The standard InChI is InChI=1S/C22H34N4O2/c1-16(2)26(17(3)4)10-9-23-14-19-15-25(5)24-22(19)18-7-8-20-21(13-18)28-12-6-11-27-20/h7-8,13,15-17,23H,6,9-12,14H2,1-5H3. The first kappa shape index (κ1) is 20.7. The molecule has 1 N–H and O–H groups in total. The van der Waals surface area contributed by atoms with Crippen LogP contribution in [0.15, 0.2) is 24.4 Å². The van der Waals surface area contributed by atoms with Crippen LogP contribution in [0, 0.1) is 0 Å². The van der Waals surface area contributed by atoms with Gasteiger partial charge in [0, 0.05) is 62.5 Å². The van der Waals surface area contributed by atoms with Crippen LogP contribution in [0.25, 0.3) is 11.3 Å². The van der Waals surface area contributed by atoms with Crippen LogP contribution in [0.5, 0.6) is 11.5 Å². The van der Waals surface area contributed by atoms with E-state index in [4.69, 9.17) is 14.6 Å². The molecule has 0 aliphatic carbocycles. The van der Waals surface area contributed by atoms with Crippen molar-refractivity contribution in [3.8, 4) is 22.8 Å². The van der Waals surface area contributed by atoms with Crippen LogP contribution in [0.3, 0.4) is 0 Å². The molecule has 0 radical (unpaired) electrons. The first-order valence-corrected chi connectivity index (χ1v) is 10.3. The topological polar surface area (TPSA) is 51.6 Å². The summed E-state index contributed by atoms with van der Waals surface area (Å²) in [5, 5.41) is 8.28. The molecule has 2 heterocycles. The van der Waals surface area contributed by atoms with Crippen LogP contribution in [-0.4, -0.2) is 53.1 Å². The van der Waals surface area contributed by atoms with E-state index in [1.807, 2.05) is 23.9 Å². The van der Waals surface area contributed by atoms with Crippen molar-refractivity contribution in [3.05, 3.63) is 30.0 Å². The quantitative estimate of drug-likeness (QED) is 0.704. The highest BCUT2D eigenvalue weighted by Gasteiger charge is 2.16. The molecule has 0 fully saturated rings. The number of nitrogens with zero attached hydrogens (tertiary/aromatic N) is 3. The van der Waals surface area contributed by atoms with E-state index in [1.54, 1.807) is 0 Å². The van der Waals surface area contributed by atoms with Crippen LogP contribution in [-0.2, 0) is 13.6 Å². The Morgan fingerprint density at radius 3 is 2.54 bits per heavy atom. The smallest absolute Gasteiger partial charge is 0.161 e. The Morgan fingerprint density at radius 1 is 1.11 bits per heavy atom. The lowest BCUT2D eigenvalue weighted by Crippen LogP contribution is -2.41. The average molecular weight is 387 g/mol. The number of hydrogen-bond acceptors (Lipinski definition) is 5. The van der Waals surface area contributed by atoms with Crippen molar-refractivity contribution in [1.29, 1.82) is 0 Å². The molecule has 0 saturated heterocycles. The van der Waals surface area contributed by atoms with Gasteiger partial charge in [-0.2, -0.15) is 5.10 Å². The van der Waals surface area contributed by atoms with E-state index in [0.29, 0.717) is 25.3 Å². The van der Waals surface area contributed by atoms with Crippen molar-refractivity contribution >= 4 is 0 Å². The van der Waals surface area contributed by atoms with Gasteiger partial charge in [-0.25, -0.2) is 0 Å². The Morgan fingerprint density at radius 2 is 1.82 bits per heavy atom. The summed E-state index contributed by atoms with van der Waals surface area (Å²) in [6.45, 7) is 13.2. The maximum atomic E-state index is 5.85. The lowest BCUT2D eigenvalue weighted by Gasteiger charge is -2.30. The minimum atomic E-state index is 0.553. The van der Waals surface area contributed by atoms with Gasteiger partial charge in [0.1, 0.15) is 0 Å². The second-order valence-corrected chi connectivity index (χ2v) is 7.99. The molecular weight excluding hydrogens is 352 g/mol. The molecule has 0 unspecified atom stereocenters. The molecule has 3 rings (SSSR count). The van der Waals surface area contributed by atoms with Crippen LogP contribution in [0.1, 0.15) is 39.7 Å². The van der Waals surface area contributed by atoms with Crippen LogP contribution >= 0.6 is 0 Å². The summed E-state index contributed by atoms with van der Waals surface area (Å²) < 4.78 is 13.5.